The summed E-state index contributed by atoms with van der Waals surface area (Å²) in [6.45, 7) is 0. The van der Waals surface area contributed by atoms with Gasteiger partial charge in [0.1, 0.15) is 5.82 Å². The Morgan fingerprint density at radius 3 is 2.63 bits per heavy atom. The Balaban J connectivity index is 1.73. The number of ether oxygens (including phenoxy) is 2. The highest BCUT2D eigenvalue weighted by Crippen LogP contribution is 2.28. The summed E-state index contributed by atoms with van der Waals surface area (Å²) >= 11 is 1.10. The van der Waals surface area contributed by atoms with Crippen molar-refractivity contribution in [3.63, 3.8) is 0 Å². The second kappa shape index (κ2) is 8.50. The number of methoxy groups -OCH3 is 2. The van der Waals surface area contributed by atoms with E-state index in [-0.39, 0.29) is 5.91 Å². The quantitative estimate of drug-likeness (QED) is 0.486. The van der Waals surface area contributed by atoms with Gasteiger partial charge in [0.15, 0.2) is 16.7 Å². The van der Waals surface area contributed by atoms with Crippen LogP contribution in [0.1, 0.15) is 11.1 Å². The fourth-order valence-corrected chi connectivity index (χ4v) is 3.06. The molecule has 1 aliphatic rings. The molecule has 0 bridgehead atoms. The first-order chi connectivity index (χ1) is 13.1. The molecule has 27 heavy (non-hydrogen) atoms. The zero-order valence-corrected chi connectivity index (χ0v) is 15.4. The topological polar surface area (TPSA) is 72.3 Å². The minimum atomic E-state index is -0.393. The van der Waals surface area contributed by atoms with E-state index in [0.29, 0.717) is 27.1 Å². The van der Waals surface area contributed by atoms with Gasteiger partial charge in [-0.25, -0.2) is 4.39 Å². The van der Waals surface area contributed by atoms with E-state index < -0.39 is 5.82 Å². The maximum Gasteiger partial charge on any atom is 0.264 e. The van der Waals surface area contributed by atoms with Crippen molar-refractivity contribution >= 4 is 35.1 Å². The van der Waals surface area contributed by atoms with Gasteiger partial charge in [0.2, 0.25) is 0 Å². The molecule has 0 atom stereocenters. The number of carbonyl (C=O) groups excluding carboxylic acids is 1. The fraction of sp³-hybridized carbons (Fsp3) is 0.105. The third-order valence-corrected chi connectivity index (χ3v) is 4.51. The van der Waals surface area contributed by atoms with Crippen molar-refractivity contribution in [1.82, 2.24) is 5.32 Å². The van der Waals surface area contributed by atoms with Crippen LogP contribution in [0.25, 0.3) is 6.08 Å². The van der Waals surface area contributed by atoms with Gasteiger partial charge in [-0.1, -0.05) is 18.2 Å². The first kappa shape index (κ1) is 18.7. The summed E-state index contributed by atoms with van der Waals surface area (Å²) in [6, 6.07) is 11.5. The van der Waals surface area contributed by atoms with Gasteiger partial charge >= 0.3 is 0 Å². The number of carbonyl (C=O) groups is 1. The summed E-state index contributed by atoms with van der Waals surface area (Å²) in [5.74, 6) is 0.453. The normalized spacial score (nSPS) is 16.9. The van der Waals surface area contributed by atoms with Crippen LogP contribution < -0.4 is 14.8 Å². The molecule has 0 unspecified atom stereocenters. The molecule has 1 N–H and O–H groups in total. The van der Waals surface area contributed by atoms with Crippen LogP contribution in [-0.2, 0) is 4.79 Å². The van der Waals surface area contributed by atoms with Gasteiger partial charge in [-0.05, 0) is 47.7 Å². The highest BCUT2D eigenvalue weighted by atomic mass is 32.2. The molecule has 0 aliphatic carbocycles. The van der Waals surface area contributed by atoms with Gasteiger partial charge in [0.25, 0.3) is 5.91 Å². The third kappa shape index (κ3) is 4.53. The molecular weight excluding hydrogens is 369 g/mol. The number of amides is 1. The standard InChI is InChI=1S/C19H16FN3O3S/c1-25-15-8-7-12(9-16(15)26-2)11-21-23-19-22-18(24)17(27-19)10-13-5-3-4-6-14(13)20/h3-11H,1-2H3,(H,22,23,24)/b17-10+,21-11?. The van der Waals surface area contributed by atoms with Gasteiger partial charge in [-0.15, -0.1) is 5.10 Å². The lowest BCUT2D eigenvalue weighted by Gasteiger charge is -2.07. The monoisotopic (exact) mass is 385 g/mol. The zero-order valence-electron chi connectivity index (χ0n) is 14.6. The number of benzene rings is 2. The molecular formula is C19H16FN3O3S. The Morgan fingerprint density at radius 2 is 1.89 bits per heavy atom. The minimum absolute atomic E-state index is 0.319. The predicted molar refractivity (Wildman–Crippen MR) is 105 cm³/mol. The molecule has 6 nitrogen and oxygen atoms in total. The number of nitrogens with zero attached hydrogens (tertiary/aromatic N) is 2. The van der Waals surface area contributed by atoms with E-state index in [4.69, 9.17) is 9.47 Å². The van der Waals surface area contributed by atoms with Crippen LogP contribution in [0, 0.1) is 5.82 Å². The molecule has 1 fully saturated rings. The molecule has 8 heteroatoms. The molecule has 0 radical (unpaired) electrons. The van der Waals surface area contributed by atoms with E-state index >= 15 is 0 Å². The molecule has 0 spiro atoms. The summed E-state index contributed by atoms with van der Waals surface area (Å²) in [7, 11) is 3.11. The van der Waals surface area contributed by atoms with Crippen LogP contribution in [0.4, 0.5) is 4.39 Å². The van der Waals surface area contributed by atoms with Crippen LogP contribution in [0.5, 0.6) is 11.5 Å². The maximum absolute atomic E-state index is 13.7. The summed E-state index contributed by atoms with van der Waals surface area (Å²) < 4.78 is 24.1. The highest BCUT2D eigenvalue weighted by molar-refractivity contribution is 8.18. The summed E-state index contributed by atoms with van der Waals surface area (Å²) in [5, 5.41) is 10.9. The molecule has 1 saturated heterocycles. The Morgan fingerprint density at radius 1 is 1.11 bits per heavy atom. The Bertz CT molecular complexity index is 957. The molecule has 0 aromatic heterocycles. The van der Waals surface area contributed by atoms with Crippen molar-refractivity contribution in [2.24, 2.45) is 10.2 Å². The van der Waals surface area contributed by atoms with Crippen LogP contribution in [0.15, 0.2) is 57.6 Å². The summed E-state index contributed by atoms with van der Waals surface area (Å²) in [6.07, 6.45) is 3.01. The molecule has 2 aromatic rings. The third-order valence-electron chi connectivity index (χ3n) is 3.61. The molecule has 2 aromatic carbocycles. The number of halogens is 1. The Kier molecular flexibility index (Phi) is 5.87. The SMILES string of the molecule is COc1ccc(C=NN=C2NC(=O)/C(=C\c3ccccc3F)S2)cc1OC. The smallest absolute Gasteiger partial charge is 0.264 e. The van der Waals surface area contributed by atoms with Crippen molar-refractivity contribution in [3.8, 4) is 11.5 Å². The number of amidine groups is 1. The highest BCUT2D eigenvalue weighted by Gasteiger charge is 2.24. The molecule has 1 aliphatic heterocycles. The van der Waals surface area contributed by atoms with Crippen molar-refractivity contribution in [1.29, 1.82) is 0 Å². The van der Waals surface area contributed by atoms with Crippen LogP contribution in [0.3, 0.4) is 0 Å². The minimum Gasteiger partial charge on any atom is -0.493 e. The van der Waals surface area contributed by atoms with Gasteiger partial charge in [-0.3, -0.25) is 10.1 Å². The van der Waals surface area contributed by atoms with Crippen molar-refractivity contribution in [2.75, 3.05) is 14.2 Å². The molecule has 1 heterocycles. The van der Waals surface area contributed by atoms with Gasteiger partial charge < -0.3 is 9.47 Å². The van der Waals surface area contributed by atoms with Crippen LogP contribution in [0.2, 0.25) is 0 Å². The largest absolute Gasteiger partial charge is 0.493 e. The van der Waals surface area contributed by atoms with Crippen molar-refractivity contribution < 1.29 is 18.7 Å². The Labute approximate surface area is 159 Å². The van der Waals surface area contributed by atoms with E-state index in [1.165, 1.54) is 18.4 Å². The number of rotatable bonds is 5. The number of nitrogens with one attached hydrogen (secondary N) is 1. The first-order valence-electron chi connectivity index (χ1n) is 7.89. The van der Waals surface area contributed by atoms with E-state index in [1.807, 2.05) is 0 Å². The molecule has 1 amide bonds. The van der Waals surface area contributed by atoms with Gasteiger partial charge in [0, 0.05) is 5.56 Å². The lowest BCUT2D eigenvalue weighted by molar-refractivity contribution is -0.115. The zero-order chi connectivity index (χ0) is 19.2. The van der Waals surface area contributed by atoms with Gasteiger partial charge in [-0.2, -0.15) is 5.10 Å². The van der Waals surface area contributed by atoms with E-state index in [0.717, 1.165) is 17.3 Å². The molecule has 0 saturated carbocycles. The van der Waals surface area contributed by atoms with Crippen LogP contribution >= 0.6 is 11.8 Å². The fourth-order valence-electron chi connectivity index (χ4n) is 2.29. The van der Waals surface area contributed by atoms with E-state index in [1.54, 1.807) is 50.6 Å². The van der Waals surface area contributed by atoms with Crippen molar-refractivity contribution in [2.45, 2.75) is 0 Å². The molecule has 3 rings (SSSR count). The van der Waals surface area contributed by atoms with Gasteiger partial charge in [0.05, 0.1) is 25.3 Å². The van der Waals surface area contributed by atoms with Crippen LogP contribution in [-0.4, -0.2) is 31.5 Å². The average molecular weight is 385 g/mol. The average Bonchev–Trinajstić information content (AvgIpc) is 3.02. The summed E-state index contributed by atoms with van der Waals surface area (Å²) in [5.41, 5.74) is 1.10. The molecule has 138 valence electrons. The second-order valence-electron chi connectivity index (χ2n) is 5.35. The maximum atomic E-state index is 13.7. The second-order valence-corrected chi connectivity index (χ2v) is 6.38. The van der Waals surface area contributed by atoms with E-state index in [2.05, 4.69) is 15.5 Å². The lowest BCUT2D eigenvalue weighted by Crippen LogP contribution is -2.19. The number of hydrogen-bond acceptors (Lipinski definition) is 6. The first-order valence-corrected chi connectivity index (χ1v) is 8.71. The van der Waals surface area contributed by atoms with Crippen molar-refractivity contribution in [3.05, 3.63) is 64.3 Å². The predicted octanol–water partition coefficient (Wildman–Crippen LogP) is 3.44. The summed E-state index contributed by atoms with van der Waals surface area (Å²) in [4.78, 5) is 12.3. The number of thioether (sulfide) groups is 1. The number of hydrogen-bond donors (Lipinski definition) is 1. The van der Waals surface area contributed by atoms with E-state index in [9.17, 15) is 9.18 Å². The Hall–Kier alpha value is -3.13. The lowest BCUT2D eigenvalue weighted by atomic mass is 10.2.